The minimum atomic E-state index is -0.741. The molecule has 4 aromatic rings. The Hall–Kier alpha value is -4.91. The SMILES string of the molecule is Cc1ccc(OC(=O)Nc2ccccc2C(=O)c2cc(C)ccc2OC(=O)c2ccccc2N)cc1. The van der Waals surface area contributed by atoms with Gasteiger partial charge < -0.3 is 15.2 Å². The molecule has 0 bridgehead atoms. The highest BCUT2D eigenvalue weighted by molar-refractivity contribution is 6.15. The molecule has 3 N–H and O–H groups in total. The second-order valence-corrected chi connectivity index (χ2v) is 8.18. The van der Waals surface area contributed by atoms with Crippen LogP contribution in [0.25, 0.3) is 0 Å². The molecule has 0 spiro atoms. The molecule has 0 atom stereocenters. The lowest BCUT2D eigenvalue weighted by Gasteiger charge is -2.14. The molecule has 0 saturated heterocycles. The van der Waals surface area contributed by atoms with E-state index in [-0.39, 0.29) is 33.8 Å². The summed E-state index contributed by atoms with van der Waals surface area (Å²) in [6.07, 6.45) is -0.741. The number of rotatable bonds is 6. The van der Waals surface area contributed by atoms with Crippen LogP contribution in [0.3, 0.4) is 0 Å². The van der Waals surface area contributed by atoms with Crippen LogP contribution in [0, 0.1) is 13.8 Å². The van der Waals surface area contributed by atoms with Gasteiger partial charge >= 0.3 is 12.1 Å². The third-order valence-electron chi connectivity index (χ3n) is 5.40. The standard InChI is InChI=1S/C29H24N2O5/c1-18-11-14-20(15-12-18)35-29(34)31-25-10-6-4-8-22(25)27(32)23-17-19(2)13-16-26(23)36-28(33)21-7-3-5-9-24(21)30/h3-17H,30H2,1-2H3,(H,31,34). The van der Waals surface area contributed by atoms with Crippen LogP contribution in [0.1, 0.15) is 37.4 Å². The van der Waals surface area contributed by atoms with Crippen molar-refractivity contribution in [2.75, 3.05) is 11.1 Å². The molecule has 0 aliphatic heterocycles. The van der Waals surface area contributed by atoms with Crippen molar-refractivity contribution in [3.05, 3.63) is 119 Å². The molecule has 0 heterocycles. The fourth-order valence-corrected chi connectivity index (χ4v) is 3.53. The van der Waals surface area contributed by atoms with Crippen LogP contribution in [0.5, 0.6) is 11.5 Å². The smallest absolute Gasteiger partial charge is 0.417 e. The molecule has 4 aromatic carbocycles. The fraction of sp³-hybridized carbons (Fsp3) is 0.0690. The summed E-state index contributed by atoms with van der Waals surface area (Å²) in [6, 6.07) is 25.0. The topological polar surface area (TPSA) is 108 Å². The number of carbonyl (C=O) groups excluding carboxylic acids is 3. The molecule has 0 aromatic heterocycles. The molecule has 36 heavy (non-hydrogen) atoms. The van der Waals surface area contributed by atoms with E-state index in [9.17, 15) is 14.4 Å². The Balaban J connectivity index is 1.60. The van der Waals surface area contributed by atoms with Crippen molar-refractivity contribution in [3.8, 4) is 11.5 Å². The van der Waals surface area contributed by atoms with Crippen molar-refractivity contribution in [1.29, 1.82) is 0 Å². The largest absolute Gasteiger partial charge is 0.422 e. The zero-order valence-corrected chi connectivity index (χ0v) is 19.8. The molecule has 0 aliphatic carbocycles. The number of ether oxygens (including phenoxy) is 2. The first-order chi connectivity index (χ1) is 17.3. The van der Waals surface area contributed by atoms with Crippen LogP contribution in [0.2, 0.25) is 0 Å². The number of anilines is 2. The van der Waals surface area contributed by atoms with E-state index in [1.165, 1.54) is 0 Å². The molecule has 4 rings (SSSR count). The Labute approximate surface area is 208 Å². The Bertz CT molecular complexity index is 1440. The van der Waals surface area contributed by atoms with Gasteiger partial charge in [-0.1, -0.05) is 53.6 Å². The van der Waals surface area contributed by atoms with Crippen molar-refractivity contribution in [2.24, 2.45) is 0 Å². The maximum Gasteiger partial charge on any atom is 0.417 e. The van der Waals surface area contributed by atoms with Crippen LogP contribution in [-0.4, -0.2) is 17.8 Å². The van der Waals surface area contributed by atoms with Gasteiger partial charge in [0.1, 0.15) is 11.5 Å². The van der Waals surface area contributed by atoms with E-state index in [0.29, 0.717) is 5.75 Å². The summed E-state index contributed by atoms with van der Waals surface area (Å²) in [5, 5.41) is 2.63. The van der Waals surface area contributed by atoms with Gasteiger partial charge in [0.05, 0.1) is 16.8 Å². The number of ketones is 1. The Morgan fingerprint density at radius 1 is 0.694 bits per heavy atom. The second kappa shape index (κ2) is 10.6. The highest BCUT2D eigenvalue weighted by atomic mass is 16.6. The van der Waals surface area contributed by atoms with Crippen molar-refractivity contribution in [2.45, 2.75) is 13.8 Å². The van der Waals surface area contributed by atoms with E-state index >= 15 is 0 Å². The molecule has 0 unspecified atom stereocenters. The Morgan fingerprint density at radius 3 is 2.06 bits per heavy atom. The average Bonchev–Trinajstić information content (AvgIpc) is 2.86. The zero-order chi connectivity index (χ0) is 25.7. The Morgan fingerprint density at radius 2 is 1.33 bits per heavy atom. The van der Waals surface area contributed by atoms with Gasteiger partial charge in [-0.3, -0.25) is 10.1 Å². The summed E-state index contributed by atoms with van der Waals surface area (Å²) in [5.41, 5.74) is 8.81. The van der Waals surface area contributed by atoms with Gasteiger partial charge in [0.15, 0.2) is 5.78 Å². The second-order valence-electron chi connectivity index (χ2n) is 8.18. The monoisotopic (exact) mass is 480 g/mol. The molecule has 0 aliphatic rings. The maximum atomic E-state index is 13.6. The summed E-state index contributed by atoms with van der Waals surface area (Å²) in [5.74, 6) is -0.668. The normalized spacial score (nSPS) is 10.4. The van der Waals surface area contributed by atoms with Crippen molar-refractivity contribution in [3.63, 3.8) is 0 Å². The van der Waals surface area contributed by atoms with Crippen LogP contribution in [0.4, 0.5) is 16.2 Å². The number of nitrogens with two attached hydrogens (primary N) is 1. The van der Waals surface area contributed by atoms with Gasteiger partial charge in [-0.25, -0.2) is 9.59 Å². The van der Waals surface area contributed by atoms with E-state index in [0.717, 1.165) is 11.1 Å². The third kappa shape index (κ3) is 5.59. The summed E-state index contributed by atoms with van der Waals surface area (Å²) in [7, 11) is 0. The quantitative estimate of drug-likeness (QED) is 0.153. The minimum Gasteiger partial charge on any atom is -0.422 e. The number of carbonyl (C=O) groups is 3. The minimum absolute atomic E-state index is 0.0795. The first kappa shape index (κ1) is 24.2. The lowest BCUT2D eigenvalue weighted by atomic mass is 9.99. The van der Waals surface area contributed by atoms with Gasteiger partial charge in [0.2, 0.25) is 0 Å². The Kier molecular flexibility index (Phi) is 7.11. The molecule has 1 amide bonds. The number of nitrogens with one attached hydrogen (secondary N) is 1. The number of hydrogen-bond acceptors (Lipinski definition) is 6. The number of benzene rings is 4. The van der Waals surface area contributed by atoms with Crippen LogP contribution in [0.15, 0.2) is 91.0 Å². The number of para-hydroxylation sites is 2. The molecule has 0 radical (unpaired) electrons. The zero-order valence-electron chi connectivity index (χ0n) is 19.8. The van der Waals surface area contributed by atoms with Crippen LogP contribution < -0.4 is 20.5 Å². The molecular formula is C29H24N2O5. The van der Waals surface area contributed by atoms with E-state index in [2.05, 4.69) is 5.32 Å². The number of amides is 1. The molecular weight excluding hydrogens is 456 g/mol. The number of hydrogen-bond donors (Lipinski definition) is 2. The third-order valence-corrected chi connectivity index (χ3v) is 5.40. The van der Waals surface area contributed by atoms with Gasteiger partial charge in [-0.15, -0.1) is 0 Å². The van der Waals surface area contributed by atoms with E-state index < -0.39 is 17.8 Å². The van der Waals surface area contributed by atoms with Gasteiger partial charge in [-0.2, -0.15) is 0 Å². The molecule has 0 saturated carbocycles. The predicted molar refractivity (Wildman–Crippen MR) is 138 cm³/mol. The number of aryl methyl sites for hydroxylation is 2. The highest BCUT2D eigenvalue weighted by Gasteiger charge is 2.22. The predicted octanol–water partition coefficient (Wildman–Crippen LogP) is 5.95. The van der Waals surface area contributed by atoms with E-state index in [1.54, 1.807) is 78.9 Å². The summed E-state index contributed by atoms with van der Waals surface area (Å²) in [6.45, 7) is 3.75. The first-order valence-corrected chi connectivity index (χ1v) is 11.2. The van der Waals surface area contributed by atoms with Crippen LogP contribution >= 0.6 is 0 Å². The van der Waals surface area contributed by atoms with E-state index in [4.69, 9.17) is 15.2 Å². The average molecular weight is 481 g/mol. The van der Waals surface area contributed by atoms with E-state index in [1.807, 2.05) is 26.0 Å². The summed E-state index contributed by atoms with van der Waals surface area (Å²) >= 11 is 0. The highest BCUT2D eigenvalue weighted by Crippen LogP contribution is 2.28. The lowest BCUT2D eigenvalue weighted by Crippen LogP contribution is -2.19. The molecule has 0 fully saturated rings. The molecule has 7 heteroatoms. The van der Waals surface area contributed by atoms with Gasteiger partial charge in [0, 0.05) is 11.3 Å². The molecule has 7 nitrogen and oxygen atoms in total. The van der Waals surface area contributed by atoms with Gasteiger partial charge in [-0.05, 0) is 62.4 Å². The first-order valence-electron chi connectivity index (χ1n) is 11.2. The summed E-state index contributed by atoms with van der Waals surface area (Å²) in [4.78, 5) is 38.9. The van der Waals surface area contributed by atoms with Crippen molar-refractivity contribution in [1.82, 2.24) is 0 Å². The molecule has 180 valence electrons. The fourth-order valence-electron chi connectivity index (χ4n) is 3.53. The van der Waals surface area contributed by atoms with Crippen molar-refractivity contribution < 1.29 is 23.9 Å². The lowest BCUT2D eigenvalue weighted by molar-refractivity contribution is 0.0734. The van der Waals surface area contributed by atoms with Crippen LogP contribution in [-0.2, 0) is 0 Å². The number of nitrogen functional groups attached to an aromatic ring is 1. The number of esters is 1. The van der Waals surface area contributed by atoms with Gasteiger partial charge in [0.25, 0.3) is 0 Å². The van der Waals surface area contributed by atoms with Crippen molar-refractivity contribution >= 4 is 29.2 Å². The maximum absolute atomic E-state index is 13.6. The summed E-state index contributed by atoms with van der Waals surface area (Å²) < 4.78 is 10.9.